The quantitative estimate of drug-likeness (QED) is 0.610. The average molecular weight is 304 g/mol. The first-order valence-corrected chi connectivity index (χ1v) is 8.74. The third-order valence-corrected chi connectivity index (χ3v) is 4.49. The molecule has 0 bridgehead atoms. The van der Waals surface area contributed by atoms with Gasteiger partial charge in [-0.15, -0.1) is 11.3 Å². The molecule has 108 valence electrons. The van der Waals surface area contributed by atoms with Crippen LogP contribution in [0.1, 0.15) is 15.6 Å². The van der Waals surface area contributed by atoms with Gasteiger partial charge in [-0.3, -0.25) is 4.99 Å². The van der Waals surface area contributed by atoms with Gasteiger partial charge < -0.3 is 10.6 Å². The Kier molecular flexibility index (Phi) is 5.74. The molecule has 0 radical (unpaired) electrons. The summed E-state index contributed by atoms with van der Waals surface area (Å²) in [5.41, 5.74) is 1.04. The Bertz CT molecular complexity index is 530. The number of aliphatic imine (C=N–C) groups is 1. The minimum absolute atomic E-state index is 0.0865. The van der Waals surface area contributed by atoms with Crippen LogP contribution in [-0.4, -0.2) is 45.0 Å². The second kappa shape index (κ2) is 6.85. The van der Waals surface area contributed by atoms with Crippen molar-refractivity contribution in [3.05, 3.63) is 15.6 Å². The van der Waals surface area contributed by atoms with Crippen LogP contribution < -0.4 is 10.6 Å². The van der Waals surface area contributed by atoms with Gasteiger partial charge in [-0.1, -0.05) is 0 Å². The number of nitrogens with one attached hydrogen (secondary N) is 2. The SMILES string of the molecule is CN=C(NCCS(C)(=O)=O)NCc1nc(C)c(C)s1. The van der Waals surface area contributed by atoms with Crippen LogP contribution in [0.25, 0.3) is 0 Å². The van der Waals surface area contributed by atoms with Crippen molar-refractivity contribution in [1.29, 1.82) is 0 Å². The maximum atomic E-state index is 11.0. The highest BCUT2D eigenvalue weighted by atomic mass is 32.2. The molecule has 1 heterocycles. The summed E-state index contributed by atoms with van der Waals surface area (Å²) in [7, 11) is -1.31. The fourth-order valence-electron chi connectivity index (χ4n) is 1.35. The number of guanidine groups is 1. The fourth-order valence-corrected chi connectivity index (χ4v) is 2.70. The summed E-state index contributed by atoms with van der Waals surface area (Å²) in [5.74, 6) is 0.664. The van der Waals surface area contributed by atoms with Crippen LogP contribution in [0, 0.1) is 13.8 Å². The number of rotatable bonds is 5. The first kappa shape index (κ1) is 15.9. The van der Waals surface area contributed by atoms with Gasteiger partial charge in [0.15, 0.2) is 5.96 Å². The van der Waals surface area contributed by atoms with E-state index in [0.717, 1.165) is 10.7 Å². The van der Waals surface area contributed by atoms with E-state index in [4.69, 9.17) is 0 Å². The normalized spacial score (nSPS) is 12.5. The van der Waals surface area contributed by atoms with Gasteiger partial charge in [0.25, 0.3) is 0 Å². The van der Waals surface area contributed by atoms with Crippen LogP contribution in [-0.2, 0) is 16.4 Å². The van der Waals surface area contributed by atoms with Crippen molar-refractivity contribution in [1.82, 2.24) is 15.6 Å². The summed E-state index contributed by atoms with van der Waals surface area (Å²) in [4.78, 5) is 9.65. The summed E-state index contributed by atoms with van der Waals surface area (Å²) in [5, 5.41) is 7.05. The van der Waals surface area contributed by atoms with Crippen molar-refractivity contribution in [2.75, 3.05) is 25.6 Å². The van der Waals surface area contributed by atoms with E-state index in [0.29, 0.717) is 19.0 Å². The lowest BCUT2D eigenvalue weighted by Gasteiger charge is -2.10. The molecule has 0 amide bonds. The largest absolute Gasteiger partial charge is 0.355 e. The van der Waals surface area contributed by atoms with Gasteiger partial charge in [0.1, 0.15) is 14.8 Å². The van der Waals surface area contributed by atoms with Crippen molar-refractivity contribution < 1.29 is 8.42 Å². The molecule has 0 saturated heterocycles. The minimum atomic E-state index is -2.95. The molecule has 0 aromatic carbocycles. The zero-order chi connectivity index (χ0) is 14.5. The Morgan fingerprint density at radius 3 is 2.53 bits per heavy atom. The van der Waals surface area contributed by atoms with Crippen molar-refractivity contribution in [3.8, 4) is 0 Å². The van der Waals surface area contributed by atoms with Crippen LogP contribution >= 0.6 is 11.3 Å². The van der Waals surface area contributed by atoms with Crippen molar-refractivity contribution in [2.24, 2.45) is 4.99 Å². The monoisotopic (exact) mass is 304 g/mol. The molecule has 1 rings (SSSR count). The molecule has 1 aromatic rings. The third kappa shape index (κ3) is 6.02. The molecular weight excluding hydrogens is 284 g/mol. The Hall–Kier alpha value is -1.15. The first-order valence-electron chi connectivity index (χ1n) is 5.87. The standard InChI is InChI=1S/C11H20N4O2S2/c1-8-9(2)18-10(15-8)7-14-11(12-3)13-5-6-19(4,16)17/h5-7H2,1-4H3,(H2,12,13,14). The molecule has 19 heavy (non-hydrogen) atoms. The van der Waals surface area contributed by atoms with E-state index >= 15 is 0 Å². The topological polar surface area (TPSA) is 83.5 Å². The smallest absolute Gasteiger partial charge is 0.191 e. The molecule has 0 atom stereocenters. The predicted octanol–water partition coefficient (Wildman–Crippen LogP) is 0.470. The lowest BCUT2D eigenvalue weighted by atomic mass is 10.4. The summed E-state index contributed by atoms with van der Waals surface area (Å²) >= 11 is 1.64. The summed E-state index contributed by atoms with van der Waals surface area (Å²) < 4.78 is 22.0. The van der Waals surface area contributed by atoms with Gasteiger partial charge in [0.2, 0.25) is 0 Å². The summed E-state index contributed by atoms with van der Waals surface area (Å²) in [6.45, 7) is 4.94. The predicted molar refractivity (Wildman–Crippen MR) is 79.5 cm³/mol. The zero-order valence-electron chi connectivity index (χ0n) is 11.6. The fraction of sp³-hybridized carbons (Fsp3) is 0.636. The van der Waals surface area contributed by atoms with Crippen LogP contribution in [0.2, 0.25) is 0 Å². The van der Waals surface area contributed by atoms with Crippen LogP contribution in [0.5, 0.6) is 0 Å². The molecule has 0 aliphatic rings. The number of thiazole rings is 1. The molecule has 0 aliphatic heterocycles. The lowest BCUT2D eigenvalue weighted by molar-refractivity contribution is 0.600. The van der Waals surface area contributed by atoms with E-state index in [9.17, 15) is 8.42 Å². The van der Waals surface area contributed by atoms with Gasteiger partial charge >= 0.3 is 0 Å². The molecule has 8 heteroatoms. The highest BCUT2D eigenvalue weighted by Gasteiger charge is 2.06. The lowest BCUT2D eigenvalue weighted by Crippen LogP contribution is -2.39. The van der Waals surface area contributed by atoms with Crippen molar-refractivity contribution >= 4 is 27.1 Å². The Morgan fingerprint density at radius 1 is 1.37 bits per heavy atom. The maximum Gasteiger partial charge on any atom is 0.191 e. The molecule has 2 N–H and O–H groups in total. The van der Waals surface area contributed by atoms with Crippen LogP contribution in [0.4, 0.5) is 0 Å². The van der Waals surface area contributed by atoms with Gasteiger partial charge in [0, 0.05) is 24.7 Å². The average Bonchev–Trinajstić information content (AvgIpc) is 2.61. The highest BCUT2D eigenvalue weighted by Crippen LogP contribution is 2.15. The minimum Gasteiger partial charge on any atom is -0.355 e. The summed E-state index contributed by atoms with van der Waals surface area (Å²) in [6.07, 6.45) is 1.21. The number of aryl methyl sites for hydroxylation is 2. The zero-order valence-corrected chi connectivity index (χ0v) is 13.3. The molecule has 0 aliphatic carbocycles. The van der Waals surface area contributed by atoms with Gasteiger partial charge in [-0.2, -0.15) is 0 Å². The van der Waals surface area contributed by atoms with E-state index in [1.165, 1.54) is 11.1 Å². The summed E-state index contributed by atoms with van der Waals surface area (Å²) in [6, 6.07) is 0. The Morgan fingerprint density at radius 2 is 2.05 bits per heavy atom. The number of nitrogens with zero attached hydrogens (tertiary/aromatic N) is 2. The second-order valence-electron chi connectivity index (χ2n) is 4.23. The van der Waals surface area contributed by atoms with Gasteiger partial charge in [-0.25, -0.2) is 13.4 Å². The Labute approximate surface area is 118 Å². The van der Waals surface area contributed by atoms with Crippen LogP contribution in [0.15, 0.2) is 4.99 Å². The van der Waals surface area contributed by atoms with E-state index in [-0.39, 0.29) is 5.75 Å². The highest BCUT2D eigenvalue weighted by molar-refractivity contribution is 7.90. The van der Waals surface area contributed by atoms with E-state index in [2.05, 4.69) is 20.6 Å². The molecule has 1 aromatic heterocycles. The maximum absolute atomic E-state index is 11.0. The molecule has 0 saturated carbocycles. The molecule has 0 unspecified atom stereocenters. The molecule has 6 nitrogen and oxygen atoms in total. The van der Waals surface area contributed by atoms with Gasteiger partial charge in [0.05, 0.1) is 18.0 Å². The number of hydrogen-bond acceptors (Lipinski definition) is 5. The van der Waals surface area contributed by atoms with Crippen molar-refractivity contribution in [2.45, 2.75) is 20.4 Å². The van der Waals surface area contributed by atoms with E-state index < -0.39 is 9.84 Å². The number of hydrogen-bond donors (Lipinski definition) is 2. The first-order chi connectivity index (χ1) is 8.81. The van der Waals surface area contributed by atoms with E-state index in [1.807, 2.05) is 13.8 Å². The second-order valence-corrected chi connectivity index (χ2v) is 7.78. The third-order valence-electron chi connectivity index (χ3n) is 2.47. The van der Waals surface area contributed by atoms with Gasteiger partial charge in [-0.05, 0) is 13.8 Å². The molecule has 0 spiro atoms. The number of sulfone groups is 1. The van der Waals surface area contributed by atoms with Crippen LogP contribution in [0.3, 0.4) is 0 Å². The van der Waals surface area contributed by atoms with Crippen molar-refractivity contribution in [3.63, 3.8) is 0 Å². The molecular formula is C11H20N4O2S2. The Balaban J connectivity index is 2.41. The molecule has 0 fully saturated rings. The van der Waals surface area contributed by atoms with E-state index in [1.54, 1.807) is 18.4 Å². The number of aromatic nitrogens is 1.